The maximum atomic E-state index is 9.89. The molecule has 0 fully saturated rings. The summed E-state index contributed by atoms with van der Waals surface area (Å²) in [5.74, 6) is 0. The first-order valence-electron chi connectivity index (χ1n) is 27.9. The Labute approximate surface area is 316 Å². The Hall–Kier alpha value is -5.76. The van der Waals surface area contributed by atoms with Gasteiger partial charge in [0, 0.05) is 25.7 Å². The molecule has 0 aliphatic carbocycles. The van der Waals surface area contributed by atoms with Crippen molar-refractivity contribution in [2.75, 3.05) is 0 Å². The summed E-state index contributed by atoms with van der Waals surface area (Å²) in [5.41, 5.74) is -3.96. The van der Waals surface area contributed by atoms with Crippen molar-refractivity contribution < 1.29 is 38.4 Å². The quantitative estimate of drug-likeness (QED) is 0.133. The Morgan fingerprint density at radius 3 is 1.62 bits per heavy atom. The molecule has 218 valence electrons. The standard InChI is InChI=1S/C46H28S/c1-2-13-29(14-3-1)32-27-28-41(46-45(32)40-21-10-11-24-42(40)47-46)44-38-19-8-6-17-36(38)43(37-18-7-9-20-39(37)44)35-23-12-22-33-31-16-5-4-15-30(31)25-26-34(33)35/h1-28H/i1D,2D,3D,4D,5D,6D,7D,8D,9D,10D,11D,12D,13D,14D,15D,16D,17D,18D,19D,20D,21D,22D,23D,24D,25D,26D,27D,28D. The van der Waals surface area contributed by atoms with E-state index in [0.29, 0.717) is 11.3 Å². The van der Waals surface area contributed by atoms with Crippen LogP contribution in [0.5, 0.6) is 0 Å². The monoisotopic (exact) mass is 640 g/mol. The van der Waals surface area contributed by atoms with Gasteiger partial charge in [0.2, 0.25) is 0 Å². The number of hydrogen-bond acceptors (Lipinski definition) is 1. The van der Waals surface area contributed by atoms with Gasteiger partial charge >= 0.3 is 0 Å². The van der Waals surface area contributed by atoms with Crippen LogP contribution in [-0.2, 0) is 0 Å². The number of fused-ring (bicyclic) bond motifs is 8. The lowest BCUT2D eigenvalue weighted by molar-refractivity contribution is 1.66. The molecule has 10 aromatic rings. The largest absolute Gasteiger partial charge is 0.135 e. The topological polar surface area (TPSA) is 0 Å². The molecular formula is C46H28S. The first-order valence-corrected chi connectivity index (χ1v) is 14.7. The molecule has 0 spiro atoms. The van der Waals surface area contributed by atoms with Gasteiger partial charge in [-0.15, -0.1) is 11.3 Å². The highest BCUT2D eigenvalue weighted by Gasteiger charge is 2.22. The molecule has 1 heteroatoms. The number of hydrogen-bond donors (Lipinski definition) is 0. The molecule has 0 aliphatic heterocycles. The van der Waals surface area contributed by atoms with Crippen LogP contribution in [0.25, 0.3) is 96.6 Å². The predicted molar refractivity (Wildman–Crippen MR) is 206 cm³/mol. The second-order valence-corrected chi connectivity index (χ2v) is 11.3. The third-order valence-corrected chi connectivity index (χ3v) is 9.00. The number of benzene rings is 9. The SMILES string of the molecule is [2H]c1c([2H])c([2H])c(-c2c([2H])c([2H])c(-c3c4c([2H])c([2H])c([2H])c([2H])c4c(-c4c([2H])c([2H])c([2H])c5c4c([2H])c([2H])c4c([2H])c([2H])c([2H])c([2H])c45)c4c([2H])c([2H])c([2H])c([2H])c34)c3sc4c([2H])c([2H])c([2H])c([2H])c4c23)c([2H])c1[2H]. The van der Waals surface area contributed by atoms with E-state index in [0.717, 1.165) is 0 Å². The van der Waals surface area contributed by atoms with Crippen LogP contribution in [0.1, 0.15) is 38.4 Å². The van der Waals surface area contributed by atoms with Crippen molar-refractivity contribution >= 4 is 74.6 Å². The minimum absolute atomic E-state index is 0.270. The minimum Gasteiger partial charge on any atom is -0.135 e. The number of rotatable bonds is 3. The van der Waals surface area contributed by atoms with Crippen molar-refractivity contribution in [3.8, 4) is 33.4 Å². The van der Waals surface area contributed by atoms with E-state index in [1.54, 1.807) is 0 Å². The van der Waals surface area contributed by atoms with Crippen molar-refractivity contribution in [2.45, 2.75) is 0 Å². The Morgan fingerprint density at radius 1 is 0.340 bits per heavy atom. The Balaban J connectivity index is 1.59. The van der Waals surface area contributed by atoms with E-state index >= 15 is 0 Å². The normalized spacial score (nSPS) is 20.2. The summed E-state index contributed by atoms with van der Waals surface area (Å²) in [5, 5.41) is -6.00. The van der Waals surface area contributed by atoms with Gasteiger partial charge < -0.3 is 0 Å². The molecular weight excluding hydrogens is 585 g/mol. The van der Waals surface area contributed by atoms with Crippen molar-refractivity contribution in [1.29, 1.82) is 0 Å². The van der Waals surface area contributed by atoms with Gasteiger partial charge in [0.15, 0.2) is 0 Å². The average molecular weight is 641 g/mol. The van der Waals surface area contributed by atoms with Gasteiger partial charge in [-0.2, -0.15) is 0 Å². The zero-order valence-electron chi connectivity index (χ0n) is 51.4. The molecule has 0 aliphatic rings. The van der Waals surface area contributed by atoms with E-state index in [9.17, 15) is 11.0 Å². The van der Waals surface area contributed by atoms with Crippen LogP contribution < -0.4 is 0 Å². The molecule has 10 rings (SSSR count). The van der Waals surface area contributed by atoms with Crippen LogP contribution in [0.3, 0.4) is 0 Å². The third kappa shape index (κ3) is 3.94. The van der Waals surface area contributed by atoms with Gasteiger partial charge in [-0.1, -0.05) is 163 Å². The van der Waals surface area contributed by atoms with Crippen molar-refractivity contribution in [3.05, 3.63) is 169 Å². The van der Waals surface area contributed by atoms with Gasteiger partial charge in [0.25, 0.3) is 0 Å². The highest BCUT2D eigenvalue weighted by atomic mass is 32.1. The van der Waals surface area contributed by atoms with Crippen molar-refractivity contribution in [2.24, 2.45) is 0 Å². The van der Waals surface area contributed by atoms with Crippen LogP contribution in [0, 0.1) is 0 Å². The molecule has 1 aromatic heterocycles. The molecule has 0 nitrogen and oxygen atoms in total. The molecule has 0 atom stereocenters. The van der Waals surface area contributed by atoms with E-state index in [1.165, 1.54) is 0 Å². The van der Waals surface area contributed by atoms with Crippen molar-refractivity contribution in [1.82, 2.24) is 0 Å². The van der Waals surface area contributed by atoms with Crippen LogP contribution >= 0.6 is 11.3 Å². The fraction of sp³-hybridized carbons (Fsp3) is 0. The lowest BCUT2D eigenvalue weighted by atomic mass is 9.83. The van der Waals surface area contributed by atoms with Gasteiger partial charge in [0.05, 0.1) is 38.4 Å². The predicted octanol–water partition coefficient (Wildman–Crippen LogP) is 13.7. The lowest BCUT2D eigenvalue weighted by Gasteiger charge is -2.20. The van der Waals surface area contributed by atoms with E-state index < -0.39 is 251 Å². The van der Waals surface area contributed by atoms with Crippen LogP contribution in [0.4, 0.5) is 0 Å². The van der Waals surface area contributed by atoms with E-state index in [1.807, 2.05) is 0 Å². The summed E-state index contributed by atoms with van der Waals surface area (Å²) >= 11 is 0.537. The summed E-state index contributed by atoms with van der Waals surface area (Å²) in [6.07, 6.45) is 0. The first-order chi connectivity index (χ1) is 35.0. The van der Waals surface area contributed by atoms with Crippen LogP contribution in [-0.4, -0.2) is 0 Å². The van der Waals surface area contributed by atoms with E-state index in [2.05, 4.69) is 0 Å². The Kier molecular flexibility index (Phi) is 2.41. The number of thiophene rings is 1. The molecule has 0 bridgehead atoms. The van der Waals surface area contributed by atoms with Gasteiger partial charge in [0.1, 0.15) is 0 Å². The fourth-order valence-corrected chi connectivity index (χ4v) is 7.09. The highest BCUT2D eigenvalue weighted by Crippen LogP contribution is 2.50. The third-order valence-electron chi connectivity index (χ3n) is 7.87. The van der Waals surface area contributed by atoms with Gasteiger partial charge in [-0.3, -0.25) is 0 Å². The average Bonchev–Trinajstić information content (AvgIpc) is 3.78. The zero-order valence-corrected chi connectivity index (χ0v) is 24.2. The summed E-state index contributed by atoms with van der Waals surface area (Å²) in [6, 6.07) is -25.2. The molecule has 1 heterocycles. The lowest BCUT2D eigenvalue weighted by Crippen LogP contribution is -1.92. The molecule has 0 saturated heterocycles. The summed E-state index contributed by atoms with van der Waals surface area (Å²) in [7, 11) is 0. The molecule has 47 heavy (non-hydrogen) atoms. The molecule has 0 unspecified atom stereocenters. The van der Waals surface area contributed by atoms with Gasteiger partial charge in [-0.25, -0.2) is 0 Å². The molecule has 0 N–H and O–H groups in total. The van der Waals surface area contributed by atoms with Crippen LogP contribution in [0.2, 0.25) is 0 Å². The zero-order chi connectivity index (χ0) is 55.3. The maximum absolute atomic E-state index is 9.89. The maximum Gasteiger partial charge on any atom is 0.0638 e. The highest BCUT2D eigenvalue weighted by molar-refractivity contribution is 7.26. The molecule has 0 saturated carbocycles. The fourth-order valence-electron chi connectivity index (χ4n) is 5.97. The van der Waals surface area contributed by atoms with Gasteiger partial charge in [-0.05, 0) is 76.9 Å². The van der Waals surface area contributed by atoms with Crippen LogP contribution in [0.15, 0.2) is 169 Å². The Bertz CT molecular complexity index is 4330. The van der Waals surface area contributed by atoms with E-state index in [4.69, 9.17) is 27.4 Å². The van der Waals surface area contributed by atoms with E-state index in [-0.39, 0.29) is 14.8 Å². The first kappa shape index (κ1) is 10.9. The molecule has 0 radical (unpaired) electrons. The smallest absolute Gasteiger partial charge is 0.0638 e. The summed E-state index contributed by atoms with van der Waals surface area (Å²) < 4.78 is 253. The summed E-state index contributed by atoms with van der Waals surface area (Å²) in [4.78, 5) is 0. The minimum atomic E-state index is -0.997. The second-order valence-electron chi connectivity index (χ2n) is 10.3. The summed E-state index contributed by atoms with van der Waals surface area (Å²) in [6.45, 7) is 0. The molecule has 0 amide bonds. The Morgan fingerprint density at radius 2 is 0.894 bits per heavy atom. The van der Waals surface area contributed by atoms with Crippen molar-refractivity contribution in [3.63, 3.8) is 0 Å². The molecule has 9 aromatic carbocycles. The second kappa shape index (κ2) is 10.4.